The molecule has 3 aromatic carbocycles. The number of nitrogens with zero attached hydrogens (tertiary/aromatic N) is 2. The lowest BCUT2D eigenvalue weighted by Gasteiger charge is -2.14. The van der Waals surface area contributed by atoms with E-state index in [9.17, 15) is 12.8 Å². The fraction of sp³-hybridized carbons (Fsp3) is 0.0909. The van der Waals surface area contributed by atoms with Crippen LogP contribution in [0.25, 0.3) is 22.0 Å². The standard InChI is InChI=1S/C22H18F2N4O2S/c1-12-7-13(2)9-16(8-12)31(29,30)28-19-6-4-17(23)20(21(19)24)14-3-5-18-15(10-14)11-26-22(25)27-18/h3-11,28H,1-2H3,(H2,25,26,27). The fourth-order valence-corrected chi connectivity index (χ4v) is 4.64. The number of sulfonamides is 1. The van der Waals surface area contributed by atoms with Crippen molar-refractivity contribution in [2.75, 3.05) is 10.5 Å². The minimum absolute atomic E-state index is 0.00397. The van der Waals surface area contributed by atoms with Gasteiger partial charge >= 0.3 is 0 Å². The molecule has 0 bridgehead atoms. The Bertz CT molecular complexity index is 1420. The summed E-state index contributed by atoms with van der Waals surface area (Å²) in [6, 6.07) is 11.4. The van der Waals surface area contributed by atoms with Crippen LogP contribution < -0.4 is 10.5 Å². The second-order valence-corrected chi connectivity index (χ2v) is 8.90. The lowest BCUT2D eigenvalue weighted by atomic mass is 10.0. The molecule has 0 unspecified atom stereocenters. The summed E-state index contributed by atoms with van der Waals surface area (Å²) >= 11 is 0. The van der Waals surface area contributed by atoms with Crippen LogP contribution in [0.1, 0.15) is 11.1 Å². The molecule has 0 spiro atoms. The molecule has 1 heterocycles. The first-order chi connectivity index (χ1) is 14.6. The summed E-state index contributed by atoms with van der Waals surface area (Å²) < 4.78 is 57.7. The number of halogens is 2. The maximum atomic E-state index is 15.3. The van der Waals surface area contributed by atoms with Crippen LogP contribution in [0.3, 0.4) is 0 Å². The molecule has 0 aliphatic heterocycles. The zero-order valence-corrected chi connectivity index (χ0v) is 17.5. The van der Waals surface area contributed by atoms with Crippen molar-refractivity contribution >= 4 is 32.6 Å². The quantitative estimate of drug-likeness (QED) is 0.484. The second kappa shape index (κ2) is 7.59. The van der Waals surface area contributed by atoms with E-state index in [2.05, 4.69) is 14.7 Å². The van der Waals surface area contributed by atoms with Gasteiger partial charge in [0.05, 0.1) is 21.7 Å². The summed E-state index contributed by atoms with van der Waals surface area (Å²) in [6.45, 7) is 3.53. The maximum Gasteiger partial charge on any atom is 0.262 e. The lowest BCUT2D eigenvalue weighted by Crippen LogP contribution is -2.15. The molecular formula is C22H18F2N4O2S. The minimum Gasteiger partial charge on any atom is -0.368 e. The van der Waals surface area contributed by atoms with E-state index in [1.165, 1.54) is 30.5 Å². The van der Waals surface area contributed by atoms with E-state index in [-0.39, 0.29) is 27.7 Å². The third-order valence-electron chi connectivity index (χ3n) is 4.73. The Kier molecular flexibility index (Phi) is 5.06. The molecule has 0 aliphatic carbocycles. The van der Waals surface area contributed by atoms with E-state index in [4.69, 9.17) is 5.73 Å². The molecule has 0 saturated heterocycles. The van der Waals surface area contributed by atoms with Crippen molar-refractivity contribution in [3.8, 4) is 11.1 Å². The smallest absolute Gasteiger partial charge is 0.262 e. The molecule has 0 saturated carbocycles. The van der Waals surface area contributed by atoms with Crippen molar-refractivity contribution in [1.82, 2.24) is 9.97 Å². The molecule has 0 aliphatic rings. The van der Waals surface area contributed by atoms with Crippen LogP contribution >= 0.6 is 0 Å². The van der Waals surface area contributed by atoms with Crippen molar-refractivity contribution in [1.29, 1.82) is 0 Å². The minimum atomic E-state index is -4.08. The van der Waals surface area contributed by atoms with Crippen molar-refractivity contribution in [2.24, 2.45) is 0 Å². The zero-order chi connectivity index (χ0) is 22.3. The largest absolute Gasteiger partial charge is 0.368 e. The van der Waals surface area contributed by atoms with Crippen molar-refractivity contribution in [3.05, 3.63) is 77.5 Å². The summed E-state index contributed by atoms with van der Waals surface area (Å²) in [7, 11) is -4.08. The number of nitrogens with one attached hydrogen (secondary N) is 1. The summed E-state index contributed by atoms with van der Waals surface area (Å²) in [5.74, 6) is -1.77. The summed E-state index contributed by atoms with van der Waals surface area (Å²) in [5.41, 5.74) is 7.07. The van der Waals surface area contributed by atoms with Gasteiger partial charge in [-0.1, -0.05) is 12.1 Å². The number of rotatable bonds is 4. The normalized spacial score (nSPS) is 11.6. The summed E-state index contributed by atoms with van der Waals surface area (Å²) in [6.07, 6.45) is 1.45. The molecular weight excluding hydrogens is 422 g/mol. The van der Waals surface area contributed by atoms with Crippen molar-refractivity contribution in [2.45, 2.75) is 18.7 Å². The van der Waals surface area contributed by atoms with Gasteiger partial charge in [0.2, 0.25) is 5.95 Å². The third kappa shape index (κ3) is 4.04. The van der Waals surface area contributed by atoms with Crippen LogP contribution in [0.4, 0.5) is 20.4 Å². The first kappa shape index (κ1) is 20.7. The predicted octanol–water partition coefficient (Wildman–Crippen LogP) is 4.57. The maximum absolute atomic E-state index is 15.3. The molecule has 4 aromatic rings. The number of hydrogen-bond donors (Lipinski definition) is 2. The molecule has 0 amide bonds. The topological polar surface area (TPSA) is 98.0 Å². The highest BCUT2D eigenvalue weighted by molar-refractivity contribution is 7.92. The van der Waals surface area contributed by atoms with Gasteiger partial charge in [-0.15, -0.1) is 0 Å². The van der Waals surface area contributed by atoms with Gasteiger partial charge in [-0.05, 0) is 66.9 Å². The van der Waals surface area contributed by atoms with Gasteiger partial charge in [0.25, 0.3) is 10.0 Å². The van der Waals surface area contributed by atoms with E-state index in [1.54, 1.807) is 19.9 Å². The second-order valence-electron chi connectivity index (χ2n) is 7.21. The number of nitrogens with two attached hydrogens (primary N) is 1. The number of anilines is 2. The molecule has 0 fully saturated rings. The predicted molar refractivity (Wildman–Crippen MR) is 116 cm³/mol. The third-order valence-corrected chi connectivity index (χ3v) is 6.07. The summed E-state index contributed by atoms with van der Waals surface area (Å²) in [5, 5.41) is 0.534. The number of nitrogen functional groups attached to an aromatic ring is 1. The van der Waals surface area contributed by atoms with Crippen LogP contribution in [-0.4, -0.2) is 18.4 Å². The summed E-state index contributed by atoms with van der Waals surface area (Å²) in [4.78, 5) is 7.94. The lowest BCUT2D eigenvalue weighted by molar-refractivity contribution is 0.587. The monoisotopic (exact) mass is 440 g/mol. The first-order valence-corrected chi connectivity index (χ1v) is 10.7. The first-order valence-electron chi connectivity index (χ1n) is 9.26. The van der Waals surface area contributed by atoms with Crippen LogP contribution in [0.15, 0.2) is 59.6 Å². The van der Waals surface area contributed by atoms with Gasteiger partial charge < -0.3 is 5.73 Å². The molecule has 6 nitrogen and oxygen atoms in total. The Morgan fingerprint density at radius 2 is 1.68 bits per heavy atom. The average Bonchev–Trinajstić information content (AvgIpc) is 2.69. The number of hydrogen-bond acceptors (Lipinski definition) is 5. The van der Waals surface area contributed by atoms with E-state index >= 15 is 4.39 Å². The van der Waals surface area contributed by atoms with E-state index in [1.807, 2.05) is 6.07 Å². The Morgan fingerprint density at radius 1 is 0.968 bits per heavy atom. The van der Waals surface area contributed by atoms with Crippen LogP contribution in [0.5, 0.6) is 0 Å². The zero-order valence-electron chi connectivity index (χ0n) is 16.6. The van der Waals surface area contributed by atoms with E-state index in [0.29, 0.717) is 10.9 Å². The SMILES string of the molecule is Cc1cc(C)cc(S(=O)(=O)Nc2ccc(F)c(-c3ccc4nc(N)ncc4c3)c2F)c1. The highest BCUT2D eigenvalue weighted by Crippen LogP contribution is 2.33. The molecule has 4 rings (SSSR count). The fourth-order valence-electron chi connectivity index (χ4n) is 3.39. The molecule has 0 atom stereocenters. The van der Waals surface area contributed by atoms with Gasteiger partial charge in [0.1, 0.15) is 5.82 Å². The highest BCUT2D eigenvalue weighted by Gasteiger charge is 2.21. The molecule has 9 heteroatoms. The van der Waals surface area contributed by atoms with Gasteiger partial charge in [-0.2, -0.15) is 0 Å². The highest BCUT2D eigenvalue weighted by atomic mass is 32.2. The molecule has 1 aromatic heterocycles. The number of aromatic nitrogens is 2. The molecule has 0 radical (unpaired) electrons. The van der Waals surface area contributed by atoms with Crippen LogP contribution in [0, 0.1) is 25.5 Å². The van der Waals surface area contributed by atoms with Gasteiger partial charge in [-0.3, -0.25) is 4.72 Å². The molecule has 31 heavy (non-hydrogen) atoms. The number of benzene rings is 3. The number of fused-ring (bicyclic) bond motifs is 1. The van der Waals surface area contributed by atoms with E-state index in [0.717, 1.165) is 23.3 Å². The van der Waals surface area contributed by atoms with E-state index < -0.39 is 21.7 Å². The molecule has 3 N–H and O–H groups in total. The molecule has 158 valence electrons. The Balaban J connectivity index is 1.78. The van der Waals surface area contributed by atoms with Gasteiger partial charge in [0, 0.05) is 11.6 Å². The van der Waals surface area contributed by atoms with Crippen molar-refractivity contribution in [3.63, 3.8) is 0 Å². The number of aryl methyl sites for hydroxylation is 2. The average molecular weight is 440 g/mol. The Morgan fingerprint density at radius 3 is 2.39 bits per heavy atom. The Labute approximate surface area is 177 Å². The van der Waals surface area contributed by atoms with Crippen LogP contribution in [0.2, 0.25) is 0 Å². The Hall–Kier alpha value is -3.59. The van der Waals surface area contributed by atoms with Gasteiger partial charge in [-0.25, -0.2) is 27.2 Å². The van der Waals surface area contributed by atoms with Crippen molar-refractivity contribution < 1.29 is 17.2 Å². The van der Waals surface area contributed by atoms with Crippen LogP contribution in [-0.2, 0) is 10.0 Å². The van der Waals surface area contributed by atoms with Gasteiger partial charge in [0.15, 0.2) is 5.82 Å².